The molecule has 0 aromatic rings. The van der Waals surface area contributed by atoms with Crippen LogP contribution in [0.15, 0.2) is 0 Å². The lowest BCUT2D eigenvalue weighted by Gasteiger charge is -2.35. The van der Waals surface area contributed by atoms with Crippen molar-refractivity contribution >= 4 is 14.3 Å². The third kappa shape index (κ3) is 3.11. The van der Waals surface area contributed by atoms with E-state index in [2.05, 4.69) is 5.92 Å². The molecule has 0 aromatic carbocycles. The highest BCUT2D eigenvalue weighted by Gasteiger charge is 2.32. The largest absolute Gasteiger partial charge is 0.465 e. The van der Waals surface area contributed by atoms with E-state index >= 15 is 0 Å². The number of carboxylic acid groups (broad SMARTS) is 1. The van der Waals surface area contributed by atoms with Gasteiger partial charge in [0.25, 0.3) is 0 Å². The third-order valence-corrected chi connectivity index (χ3v) is 3.77. The van der Waals surface area contributed by atoms with Crippen LogP contribution in [0, 0.1) is 12.3 Å². The van der Waals surface area contributed by atoms with E-state index in [9.17, 15) is 4.79 Å². The zero-order valence-electron chi connectivity index (χ0n) is 8.66. The van der Waals surface area contributed by atoms with Gasteiger partial charge in [0.1, 0.15) is 0 Å². The van der Waals surface area contributed by atoms with Crippen molar-refractivity contribution in [1.82, 2.24) is 4.57 Å². The van der Waals surface area contributed by atoms with Gasteiger partial charge in [0.15, 0.2) is 8.24 Å². The minimum absolute atomic E-state index is 0.274. The van der Waals surface area contributed by atoms with Gasteiger partial charge in [0.05, 0.1) is 6.04 Å². The van der Waals surface area contributed by atoms with Crippen molar-refractivity contribution in [1.29, 1.82) is 0 Å². The summed E-state index contributed by atoms with van der Waals surface area (Å²) >= 11 is 0. The smallest absolute Gasteiger partial charge is 0.400 e. The second-order valence-corrected chi connectivity index (χ2v) is 8.74. The van der Waals surface area contributed by atoms with Gasteiger partial charge in [-0.15, -0.1) is 6.42 Å². The summed E-state index contributed by atoms with van der Waals surface area (Å²) in [5, 5.41) is 9.01. The predicted molar refractivity (Wildman–Crippen MR) is 56.1 cm³/mol. The van der Waals surface area contributed by atoms with Gasteiger partial charge in [-0.3, -0.25) is 0 Å². The summed E-state index contributed by atoms with van der Waals surface area (Å²) < 4.78 is 1.45. The normalized spacial score (nSPS) is 13.2. The third-order valence-electron chi connectivity index (χ3n) is 1.82. The van der Waals surface area contributed by atoms with E-state index in [4.69, 9.17) is 11.5 Å². The van der Waals surface area contributed by atoms with Crippen molar-refractivity contribution in [3.8, 4) is 12.3 Å². The molecule has 0 heterocycles. The molecule has 1 unspecified atom stereocenters. The monoisotopic (exact) mass is 199 g/mol. The van der Waals surface area contributed by atoms with Crippen LogP contribution in [0.1, 0.15) is 13.3 Å². The first kappa shape index (κ1) is 12.0. The lowest BCUT2D eigenvalue weighted by molar-refractivity contribution is 0.163. The molecule has 0 fully saturated rings. The highest BCUT2D eigenvalue weighted by Crippen LogP contribution is 2.15. The summed E-state index contributed by atoms with van der Waals surface area (Å²) in [7, 11) is -1.86. The van der Waals surface area contributed by atoms with Crippen LogP contribution in [0.3, 0.4) is 0 Å². The number of rotatable bonds is 3. The van der Waals surface area contributed by atoms with Crippen LogP contribution in [-0.4, -0.2) is 30.0 Å². The predicted octanol–water partition coefficient (Wildman–Crippen LogP) is 2.21. The van der Waals surface area contributed by atoms with Crippen LogP contribution in [0.5, 0.6) is 0 Å². The number of nitrogens with zero attached hydrogens (tertiary/aromatic N) is 1. The Morgan fingerprint density at radius 1 is 1.62 bits per heavy atom. The highest BCUT2D eigenvalue weighted by atomic mass is 28.3. The van der Waals surface area contributed by atoms with E-state index in [1.54, 1.807) is 0 Å². The Hall–Kier alpha value is -0.953. The Kier molecular flexibility index (Phi) is 4.01. The van der Waals surface area contributed by atoms with E-state index in [1.165, 1.54) is 4.57 Å². The highest BCUT2D eigenvalue weighted by molar-refractivity contribution is 6.75. The summed E-state index contributed by atoms with van der Waals surface area (Å²) in [5.41, 5.74) is 0. The van der Waals surface area contributed by atoms with Crippen molar-refractivity contribution < 1.29 is 9.90 Å². The van der Waals surface area contributed by atoms with Crippen molar-refractivity contribution in [3.63, 3.8) is 0 Å². The molecule has 3 nitrogen and oxygen atoms in total. The number of terminal acetylenes is 1. The molecule has 0 aromatic heterocycles. The molecule has 1 N–H and O–H groups in total. The molecule has 13 heavy (non-hydrogen) atoms. The molecule has 0 rings (SSSR count). The molecule has 0 bridgehead atoms. The van der Waals surface area contributed by atoms with Gasteiger partial charge < -0.3 is 9.67 Å². The lowest BCUT2D eigenvalue weighted by Crippen LogP contribution is -2.54. The Labute approximate surface area is 80.8 Å². The molecule has 0 aliphatic rings. The zero-order valence-corrected chi connectivity index (χ0v) is 9.66. The van der Waals surface area contributed by atoms with Crippen molar-refractivity contribution in [2.24, 2.45) is 0 Å². The Morgan fingerprint density at radius 3 is 2.15 bits per heavy atom. The van der Waals surface area contributed by atoms with Crippen LogP contribution < -0.4 is 0 Å². The Morgan fingerprint density at radius 2 is 2.08 bits per heavy atom. The van der Waals surface area contributed by atoms with Gasteiger partial charge >= 0.3 is 6.09 Å². The quantitative estimate of drug-likeness (QED) is 0.559. The van der Waals surface area contributed by atoms with E-state index in [-0.39, 0.29) is 6.04 Å². The second-order valence-electron chi connectivity index (χ2n) is 3.91. The molecule has 4 heteroatoms. The summed E-state index contributed by atoms with van der Waals surface area (Å²) in [6.07, 6.45) is 5.06. The molecule has 0 saturated heterocycles. The molecule has 0 aliphatic heterocycles. The fourth-order valence-corrected chi connectivity index (χ4v) is 3.03. The second kappa shape index (κ2) is 4.33. The fourth-order valence-electron chi connectivity index (χ4n) is 1.26. The first-order chi connectivity index (χ1) is 5.84. The molecule has 1 amide bonds. The molecule has 0 aliphatic carbocycles. The molecular weight excluding hydrogens is 182 g/mol. The number of carbonyl (C=O) groups is 1. The fraction of sp³-hybridized carbons (Fsp3) is 0.667. The molecule has 1 atom stereocenters. The van der Waals surface area contributed by atoms with Gasteiger partial charge in [0.2, 0.25) is 0 Å². The van der Waals surface area contributed by atoms with Crippen LogP contribution in [0.4, 0.5) is 4.79 Å². The van der Waals surface area contributed by atoms with Gasteiger partial charge in [-0.05, 0) is 6.42 Å². The summed E-state index contributed by atoms with van der Waals surface area (Å²) in [6.45, 7) is 7.82. The van der Waals surface area contributed by atoms with Gasteiger partial charge in [-0.25, -0.2) is 4.79 Å². The average Bonchev–Trinajstić information content (AvgIpc) is 1.96. The minimum Gasteiger partial charge on any atom is -0.465 e. The number of hydrogen-bond acceptors (Lipinski definition) is 1. The molecule has 0 spiro atoms. The zero-order chi connectivity index (χ0) is 10.6. The van der Waals surface area contributed by atoms with Gasteiger partial charge in [-0.1, -0.05) is 32.5 Å². The standard InChI is InChI=1S/C9H17NO2Si/c1-6-8(7-2)10(9(11)12)13(3,4)5/h1,8H,7H2,2-5H3,(H,11,12). The molecule has 0 saturated carbocycles. The minimum atomic E-state index is -1.86. The maximum absolute atomic E-state index is 11.0. The van der Waals surface area contributed by atoms with Crippen molar-refractivity contribution in [3.05, 3.63) is 0 Å². The van der Waals surface area contributed by atoms with Crippen molar-refractivity contribution in [2.75, 3.05) is 0 Å². The SMILES string of the molecule is C#CC(CC)N(C(=O)O)[Si](C)(C)C. The lowest BCUT2D eigenvalue weighted by atomic mass is 10.2. The maximum Gasteiger partial charge on any atom is 0.400 e. The van der Waals surface area contributed by atoms with Gasteiger partial charge in [0, 0.05) is 0 Å². The van der Waals surface area contributed by atoms with Crippen LogP contribution >= 0.6 is 0 Å². The first-order valence-corrected chi connectivity index (χ1v) is 7.77. The van der Waals surface area contributed by atoms with E-state index in [0.29, 0.717) is 6.42 Å². The van der Waals surface area contributed by atoms with Crippen LogP contribution in [0.25, 0.3) is 0 Å². The summed E-state index contributed by atoms with van der Waals surface area (Å²) in [5.74, 6) is 2.52. The molecular formula is C9H17NO2Si. The number of amides is 1. The van der Waals surface area contributed by atoms with E-state index in [0.717, 1.165) is 0 Å². The summed E-state index contributed by atoms with van der Waals surface area (Å²) in [4.78, 5) is 11.0. The Bertz CT molecular complexity index is 227. The Balaban J connectivity index is 4.83. The molecule has 0 radical (unpaired) electrons. The summed E-state index contributed by atoms with van der Waals surface area (Å²) in [6, 6.07) is -0.274. The molecule has 74 valence electrons. The topological polar surface area (TPSA) is 40.5 Å². The van der Waals surface area contributed by atoms with Gasteiger partial charge in [-0.2, -0.15) is 0 Å². The maximum atomic E-state index is 11.0. The van der Waals surface area contributed by atoms with E-state index < -0.39 is 14.3 Å². The van der Waals surface area contributed by atoms with E-state index in [1.807, 2.05) is 26.6 Å². The van der Waals surface area contributed by atoms with Crippen LogP contribution in [-0.2, 0) is 0 Å². The number of hydrogen-bond donors (Lipinski definition) is 1. The first-order valence-electron chi connectivity index (χ1n) is 4.33. The van der Waals surface area contributed by atoms with Crippen LogP contribution in [0.2, 0.25) is 19.6 Å². The van der Waals surface area contributed by atoms with Crippen molar-refractivity contribution in [2.45, 2.75) is 39.0 Å². The average molecular weight is 199 g/mol.